The van der Waals surface area contributed by atoms with Crippen LogP contribution >= 0.6 is 0 Å². The molecule has 3 heteroatoms. The van der Waals surface area contributed by atoms with E-state index < -0.39 is 0 Å². The van der Waals surface area contributed by atoms with Crippen molar-refractivity contribution in [2.45, 2.75) is 18.8 Å². The van der Waals surface area contributed by atoms with Crippen molar-refractivity contribution < 1.29 is 4.52 Å². The highest BCUT2D eigenvalue weighted by Crippen LogP contribution is 2.27. The lowest BCUT2D eigenvalue weighted by Gasteiger charge is -2.22. The number of fused-ring (bicyclic) bond motifs is 1. The smallest absolute Gasteiger partial charge is 0.131 e. The maximum Gasteiger partial charge on any atom is 0.131 e. The highest BCUT2D eigenvalue weighted by atomic mass is 16.5. The summed E-state index contributed by atoms with van der Waals surface area (Å²) in [6, 6.07) is 6.44. The van der Waals surface area contributed by atoms with Crippen LogP contribution in [-0.2, 0) is 0 Å². The van der Waals surface area contributed by atoms with Gasteiger partial charge in [0.1, 0.15) is 11.8 Å². The van der Waals surface area contributed by atoms with Crippen LogP contribution in [0.15, 0.2) is 29.0 Å². The summed E-state index contributed by atoms with van der Waals surface area (Å²) in [7, 11) is 0. The molecule has 0 radical (unpaired) electrons. The monoisotopic (exact) mass is 202 g/mol. The van der Waals surface area contributed by atoms with Gasteiger partial charge in [0.05, 0.1) is 0 Å². The van der Waals surface area contributed by atoms with E-state index in [0.717, 1.165) is 24.0 Å². The lowest BCUT2D eigenvalue weighted by Crippen LogP contribution is -2.26. The molecule has 0 atom stereocenters. The number of piperidine rings is 1. The highest BCUT2D eigenvalue weighted by molar-refractivity contribution is 5.77. The molecule has 1 saturated heterocycles. The van der Waals surface area contributed by atoms with Crippen LogP contribution in [0.4, 0.5) is 0 Å². The predicted molar refractivity (Wildman–Crippen MR) is 58.9 cm³/mol. The Kier molecular flexibility index (Phi) is 2.18. The molecule has 0 aliphatic carbocycles. The van der Waals surface area contributed by atoms with Crippen molar-refractivity contribution in [3.05, 3.63) is 30.0 Å². The van der Waals surface area contributed by atoms with Crippen LogP contribution < -0.4 is 5.32 Å². The summed E-state index contributed by atoms with van der Waals surface area (Å²) in [6.45, 7) is 2.26. The molecule has 1 fully saturated rings. The summed E-state index contributed by atoms with van der Waals surface area (Å²) in [5.74, 6) is 0.700. The molecular weight excluding hydrogens is 188 g/mol. The standard InChI is InChI=1S/C12H14N2O/c1-2-12-11(8-15-14-12)7-10(1)9-3-5-13-6-4-9/h1-2,7-9,13H,3-6H2. The second-order valence-corrected chi connectivity index (χ2v) is 4.16. The minimum atomic E-state index is 0.700. The Hall–Kier alpha value is -1.35. The van der Waals surface area contributed by atoms with Gasteiger partial charge < -0.3 is 9.84 Å². The van der Waals surface area contributed by atoms with Crippen molar-refractivity contribution in [1.29, 1.82) is 0 Å². The minimum absolute atomic E-state index is 0.700. The van der Waals surface area contributed by atoms with E-state index in [-0.39, 0.29) is 0 Å². The number of rotatable bonds is 1. The van der Waals surface area contributed by atoms with E-state index >= 15 is 0 Å². The van der Waals surface area contributed by atoms with Gasteiger partial charge in [0, 0.05) is 5.39 Å². The summed E-state index contributed by atoms with van der Waals surface area (Å²) in [4.78, 5) is 0. The van der Waals surface area contributed by atoms with E-state index in [9.17, 15) is 0 Å². The van der Waals surface area contributed by atoms with Crippen molar-refractivity contribution in [1.82, 2.24) is 10.5 Å². The Morgan fingerprint density at radius 2 is 2.13 bits per heavy atom. The molecule has 0 amide bonds. The molecule has 3 rings (SSSR count). The first kappa shape index (κ1) is 8.92. The van der Waals surface area contributed by atoms with E-state index in [1.807, 2.05) is 0 Å². The van der Waals surface area contributed by atoms with E-state index in [2.05, 4.69) is 28.7 Å². The molecule has 1 aliphatic rings. The molecule has 15 heavy (non-hydrogen) atoms. The van der Waals surface area contributed by atoms with Gasteiger partial charge in [-0.3, -0.25) is 0 Å². The molecule has 1 aliphatic heterocycles. The quantitative estimate of drug-likeness (QED) is 0.771. The number of aromatic nitrogens is 1. The van der Waals surface area contributed by atoms with E-state index in [1.165, 1.54) is 18.4 Å². The van der Waals surface area contributed by atoms with Crippen LogP contribution in [0.25, 0.3) is 10.9 Å². The fraction of sp³-hybridized carbons (Fsp3) is 0.417. The molecule has 1 aromatic carbocycles. The third-order valence-electron chi connectivity index (χ3n) is 3.19. The zero-order valence-corrected chi connectivity index (χ0v) is 8.57. The van der Waals surface area contributed by atoms with Gasteiger partial charge in [0.25, 0.3) is 0 Å². The lowest BCUT2D eigenvalue weighted by molar-refractivity contribution is 0.428. The van der Waals surface area contributed by atoms with E-state index in [0.29, 0.717) is 5.92 Å². The first-order chi connectivity index (χ1) is 7.43. The predicted octanol–water partition coefficient (Wildman–Crippen LogP) is 2.29. The highest BCUT2D eigenvalue weighted by Gasteiger charge is 2.15. The number of nitrogens with zero attached hydrogens (tertiary/aromatic N) is 1. The summed E-state index contributed by atoms with van der Waals surface area (Å²) < 4.78 is 4.94. The van der Waals surface area contributed by atoms with Gasteiger partial charge in [-0.15, -0.1) is 0 Å². The average Bonchev–Trinajstić information content (AvgIpc) is 2.77. The molecule has 78 valence electrons. The first-order valence-electron chi connectivity index (χ1n) is 5.48. The topological polar surface area (TPSA) is 38.1 Å². The van der Waals surface area contributed by atoms with Crippen molar-refractivity contribution in [2.24, 2.45) is 0 Å². The number of nitrogens with one attached hydrogen (secondary N) is 1. The van der Waals surface area contributed by atoms with Gasteiger partial charge in [-0.25, -0.2) is 0 Å². The van der Waals surface area contributed by atoms with Crippen LogP contribution in [0.1, 0.15) is 24.3 Å². The van der Waals surface area contributed by atoms with Gasteiger partial charge >= 0.3 is 0 Å². The maximum atomic E-state index is 4.94. The Labute approximate surface area is 88.4 Å². The Balaban J connectivity index is 1.95. The van der Waals surface area contributed by atoms with Gasteiger partial charge in [-0.05, 0) is 49.5 Å². The number of hydrogen-bond acceptors (Lipinski definition) is 3. The fourth-order valence-corrected chi connectivity index (χ4v) is 2.30. The fourth-order valence-electron chi connectivity index (χ4n) is 2.30. The van der Waals surface area contributed by atoms with Gasteiger partial charge in [-0.1, -0.05) is 11.2 Å². The summed E-state index contributed by atoms with van der Waals surface area (Å²) in [5.41, 5.74) is 2.37. The normalized spacial score (nSPS) is 18.4. The van der Waals surface area contributed by atoms with Gasteiger partial charge in [-0.2, -0.15) is 0 Å². The van der Waals surface area contributed by atoms with Crippen LogP contribution in [0.3, 0.4) is 0 Å². The van der Waals surface area contributed by atoms with Crippen molar-refractivity contribution in [3.63, 3.8) is 0 Å². The molecular formula is C12H14N2O. The Morgan fingerprint density at radius 1 is 1.27 bits per heavy atom. The third-order valence-corrected chi connectivity index (χ3v) is 3.19. The minimum Gasteiger partial charge on any atom is -0.364 e. The Bertz CT molecular complexity index is 457. The van der Waals surface area contributed by atoms with E-state index in [4.69, 9.17) is 4.52 Å². The van der Waals surface area contributed by atoms with Gasteiger partial charge in [0.15, 0.2) is 0 Å². The van der Waals surface area contributed by atoms with Crippen LogP contribution in [0, 0.1) is 0 Å². The van der Waals surface area contributed by atoms with E-state index in [1.54, 1.807) is 6.26 Å². The second-order valence-electron chi connectivity index (χ2n) is 4.16. The Morgan fingerprint density at radius 3 is 3.00 bits per heavy atom. The SMILES string of the molecule is c1cc2nocc2cc1C1CCNCC1. The van der Waals surface area contributed by atoms with Crippen molar-refractivity contribution in [3.8, 4) is 0 Å². The maximum absolute atomic E-state index is 4.94. The molecule has 0 spiro atoms. The zero-order valence-electron chi connectivity index (χ0n) is 8.57. The van der Waals surface area contributed by atoms with Crippen molar-refractivity contribution in [2.75, 3.05) is 13.1 Å². The third kappa shape index (κ3) is 1.63. The average molecular weight is 202 g/mol. The zero-order chi connectivity index (χ0) is 10.1. The molecule has 1 N–H and O–H groups in total. The first-order valence-corrected chi connectivity index (χ1v) is 5.48. The molecule has 1 aromatic heterocycles. The largest absolute Gasteiger partial charge is 0.364 e. The molecule has 2 heterocycles. The summed E-state index contributed by atoms with van der Waals surface area (Å²) in [6.07, 6.45) is 4.19. The summed E-state index contributed by atoms with van der Waals surface area (Å²) >= 11 is 0. The van der Waals surface area contributed by atoms with Crippen LogP contribution in [0.5, 0.6) is 0 Å². The van der Waals surface area contributed by atoms with Gasteiger partial charge in [0.2, 0.25) is 0 Å². The molecule has 3 nitrogen and oxygen atoms in total. The lowest BCUT2D eigenvalue weighted by atomic mass is 9.90. The molecule has 0 saturated carbocycles. The van der Waals surface area contributed by atoms with Crippen LogP contribution in [-0.4, -0.2) is 18.2 Å². The van der Waals surface area contributed by atoms with Crippen molar-refractivity contribution >= 4 is 10.9 Å². The second kappa shape index (κ2) is 3.66. The molecule has 0 unspecified atom stereocenters. The molecule has 2 aromatic rings. The summed E-state index contributed by atoms with van der Waals surface area (Å²) in [5, 5.41) is 8.42. The van der Waals surface area contributed by atoms with Crippen LogP contribution in [0.2, 0.25) is 0 Å². The number of benzene rings is 1. The number of hydrogen-bond donors (Lipinski definition) is 1. The molecule has 0 bridgehead atoms.